The van der Waals surface area contributed by atoms with Crippen LogP contribution in [0.1, 0.15) is 11.8 Å². The average molecular weight is 263 g/mol. The third kappa shape index (κ3) is 1.75. The number of thiophene rings is 1. The van der Waals surface area contributed by atoms with Crippen LogP contribution in [0.4, 0.5) is 0 Å². The molecule has 0 spiro atoms. The maximum Gasteiger partial charge on any atom is 0.156 e. The molecule has 3 rings (SSSR count). The summed E-state index contributed by atoms with van der Waals surface area (Å²) < 4.78 is 2.04. The molecule has 4 heteroatoms. The van der Waals surface area contributed by atoms with Crippen LogP contribution in [0.5, 0.6) is 0 Å². The van der Waals surface area contributed by atoms with Crippen molar-refractivity contribution in [3.05, 3.63) is 46.6 Å². The first-order valence-electron chi connectivity index (χ1n) is 5.50. The molecule has 3 heterocycles. The second kappa shape index (κ2) is 4.17. The molecule has 0 atom stereocenters. The van der Waals surface area contributed by atoms with Crippen LogP contribution in [0, 0.1) is 0 Å². The van der Waals surface area contributed by atoms with Crippen molar-refractivity contribution in [1.82, 2.24) is 9.38 Å². The summed E-state index contributed by atoms with van der Waals surface area (Å²) in [4.78, 5) is 6.99. The molecule has 0 fully saturated rings. The number of aryl methyl sites for hydroxylation is 1. The van der Waals surface area contributed by atoms with Gasteiger partial charge < -0.3 is 0 Å². The van der Waals surface area contributed by atoms with Crippen molar-refractivity contribution >= 4 is 28.6 Å². The fraction of sp³-hybridized carbons (Fsp3) is 0.154. The number of rotatable bonds is 2. The lowest BCUT2D eigenvalue weighted by atomic mass is 10.3. The molecule has 0 unspecified atom stereocenters. The zero-order chi connectivity index (χ0) is 11.8. The highest BCUT2D eigenvalue weighted by Gasteiger charge is 2.09. The maximum absolute atomic E-state index is 6.11. The van der Waals surface area contributed by atoms with E-state index < -0.39 is 0 Å². The van der Waals surface area contributed by atoms with E-state index in [1.807, 2.05) is 40.3 Å². The first kappa shape index (κ1) is 10.8. The summed E-state index contributed by atoms with van der Waals surface area (Å²) in [6.07, 6.45) is 4.95. The third-order valence-electron chi connectivity index (χ3n) is 2.75. The number of pyridine rings is 1. The summed E-state index contributed by atoms with van der Waals surface area (Å²) in [5.74, 6) is 0. The number of halogens is 1. The molecule has 2 nitrogen and oxygen atoms in total. The van der Waals surface area contributed by atoms with Gasteiger partial charge in [0.2, 0.25) is 0 Å². The molecule has 86 valence electrons. The van der Waals surface area contributed by atoms with Crippen LogP contribution < -0.4 is 0 Å². The Morgan fingerprint density at radius 2 is 2.24 bits per heavy atom. The lowest BCUT2D eigenvalue weighted by Gasteiger charge is -1.99. The van der Waals surface area contributed by atoms with Crippen molar-refractivity contribution in [3.8, 4) is 10.6 Å². The Morgan fingerprint density at radius 3 is 3.00 bits per heavy atom. The van der Waals surface area contributed by atoms with Crippen molar-refractivity contribution in [3.63, 3.8) is 0 Å². The molecule has 0 aliphatic rings. The van der Waals surface area contributed by atoms with Crippen LogP contribution in [0.15, 0.2) is 36.7 Å². The van der Waals surface area contributed by atoms with Gasteiger partial charge in [0.1, 0.15) is 0 Å². The standard InChI is InChI=1S/C13H11ClN2S/c1-2-9-5-6-12(17-9)11-8-15-13-10(14)4-3-7-16(11)13/h3-8H,2H2,1H3. The Kier molecular flexibility index (Phi) is 2.65. The molecule has 0 bridgehead atoms. The minimum absolute atomic E-state index is 0.686. The first-order chi connectivity index (χ1) is 8.29. The van der Waals surface area contributed by atoms with E-state index in [1.54, 1.807) is 0 Å². The SMILES string of the molecule is CCc1ccc(-c2cnc3c(Cl)cccn23)s1. The summed E-state index contributed by atoms with van der Waals surface area (Å²) in [5.41, 5.74) is 1.92. The van der Waals surface area contributed by atoms with E-state index in [9.17, 15) is 0 Å². The van der Waals surface area contributed by atoms with Gasteiger partial charge in [-0.2, -0.15) is 0 Å². The lowest BCUT2D eigenvalue weighted by molar-refractivity contribution is 1.19. The monoisotopic (exact) mass is 262 g/mol. The van der Waals surface area contributed by atoms with Gasteiger partial charge in [-0.25, -0.2) is 4.98 Å². The smallest absolute Gasteiger partial charge is 0.156 e. The van der Waals surface area contributed by atoms with Crippen LogP contribution in [0.2, 0.25) is 5.02 Å². The fourth-order valence-corrected chi connectivity index (χ4v) is 3.03. The predicted octanol–water partition coefficient (Wildman–Crippen LogP) is 4.28. The zero-order valence-electron chi connectivity index (χ0n) is 9.35. The Labute approximate surface area is 108 Å². The van der Waals surface area contributed by atoms with Crippen molar-refractivity contribution in [2.45, 2.75) is 13.3 Å². The third-order valence-corrected chi connectivity index (χ3v) is 4.30. The molecule has 0 saturated heterocycles. The molecule has 0 aromatic carbocycles. The van der Waals surface area contributed by atoms with Crippen LogP contribution >= 0.6 is 22.9 Å². The van der Waals surface area contributed by atoms with E-state index in [2.05, 4.69) is 24.0 Å². The number of nitrogens with zero attached hydrogens (tertiary/aromatic N) is 2. The second-order valence-corrected chi connectivity index (χ2v) is 5.39. The van der Waals surface area contributed by atoms with Gasteiger partial charge in [0, 0.05) is 11.1 Å². The summed E-state index contributed by atoms with van der Waals surface area (Å²) >= 11 is 7.92. The maximum atomic E-state index is 6.11. The molecule has 0 aliphatic carbocycles. The lowest BCUT2D eigenvalue weighted by Crippen LogP contribution is -1.85. The van der Waals surface area contributed by atoms with Gasteiger partial charge in [0.15, 0.2) is 5.65 Å². The van der Waals surface area contributed by atoms with E-state index in [0.717, 1.165) is 17.8 Å². The summed E-state index contributed by atoms with van der Waals surface area (Å²) in [7, 11) is 0. The number of imidazole rings is 1. The minimum atomic E-state index is 0.686. The molecule has 0 aliphatic heterocycles. The normalized spacial score (nSPS) is 11.2. The number of fused-ring (bicyclic) bond motifs is 1. The molecule has 0 N–H and O–H groups in total. The second-order valence-electron chi connectivity index (χ2n) is 3.81. The Morgan fingerprint density at radius 1 is 1.35 bits per heavy atom. The quantitative estimate of drug-likeness (QED) is 0.674. The van der Waals surface area contributed by atoms with Gasteiger partial charge in [0.25, 0.3) is 0 Å². The molecule has 0 amide bonds. The predicted molar refractivity (Wildman–Crippen MR) is 72.9 cm³/mol. The van der Waals surface area contributed by atoms with Gasteiger partial charge in [-0.3, -0.25) is 4.40 Å². The van der Waals surface area contributed by atoms with E-state index in [4.69, 9.17) is 11.6 Å². The molecular formula is C13H11ClN2S. The van der Waals surface area contributed by atoms with Crippen LogP contribution in [-0.2, 0) is 6.42 Å². The van der Waals surface area contributed by atoms with Crippen molar-refractivity contribution < 1.29 is 0 Å². The van der Waals surface area contributed by atoms with E-state index in [-0.39, 0.29) is 0 Å². The van der Waals surface area contributed by atoms with Crippen LogP contribution in [-0.4, -0.2) is 9.38 Å². The topological polar surface area (TPSA) is 17.3 Å². The highest BCUT2D eigenvalue weighted by atomic mass is 35.5. The van der Waals surface area contributed by atoms with Gasteiger partial charge in [-0.1, -0.05) is 18.5 Å². The first-order valence-corrected chi connectivity index (χ1v) is 6.69. The largest absolute Gasteiger partial charge is 0.298 e. The average Bonchev–Trinajstić information content (AvgIpc) is 2.94. The Bertz CT molecular complexity index is 669. The highest BCUT2D eigenvalue weighted by Crippen LogP contribution is 2.30. The van der Waals surface area contributed by atoms with Crippen molar-refractivity contribution in [2.75, 3.05) is 0 Å². The number of aromatic nitrogens is 2. The molecule has 0 saturated carbocycles. The van der Waals surface area contributed by atoms with Gasteiger partial charge in [0.05, 0.1) is 21.8 Å². The minimum Gasteiger partial charge on any atom is -0.298 e. The molecule has 3 aromatic rings. The van der Waals surface area contributed by atoms with Crippen LogP contribution in [0.3, 0.4) is 0 Å². The number of hydrogen-bond donors (Lipinski definition) is 0. The number of hydrogen-bond acceptors (Lipinski definition) is 2. The summed E-state index contributed by atoms with van der Waals surface area (Å²) in [5, 5.41) is 0.686. The molecular weight excluding hydrogens is 252 g/mol. The summed E-state index contributed by atoms with van der Waals surface area (Å²) in [6, 6.07) is 8.12. The van der Waals surface area contributed by atoms with Gasteiger partial charge in [-0.05, 0) is 30.7 Å². The molecule has 3 aromatic heterocycles. The molecule has 0 radical (unpaired) electrons. The Hall–Kier alpha value is -1.32. The van der Waals surface area contributed by atoms with E-state index in [1.165, 1.54) is 9.75 Å². The van der Waals surface area contributed by atoms with E-state index in [0.29, 0.717) is 5.02 Å². The van der Waals surface area contributed by atoms with Crippen molar-refractivity contribution in [1.29, 1.82) is 0 Å². The summed E-state index contributed by atoms with van der Waals surface area (Å²) in [6.45, 7) is 2.17. The fourth-order valence-electron chi connectivity index (χ4n) is 1.86. The zero-order valence-corrected chi connectivity index (χ0v) is 10.9. The van der Waals surface area contributed by atoms with E-state index >= 15 is 0 Å². The van der Waals surface area contributed by atoms with Crippen molar-refractivity contribution in [2.24, 2.45) is 0 Å². The Balaban J connectivity index is 2.20. The molecule has 17 heavy (non-hydrogen) atoms. The van der Waals surface area contributed by atoms with Gasteiger partial charge >= 0.3 is 0 Å². The van der Waals surface area contributed by atoms with Gasteiger partial charge in [-0.15, -0.1) is 11.3 Å². The highest BCUT2D eigenvalue weighted by molar-refractivity contribution is 7.15. The van der Waals surface area contributed by atoms with Crippen LogP contribution in [0.25, 0.3) is 16.2 Å².